The van der Waals surface area contributed by atoms with Crippen LogP contribution in [-0.2, 0) is 6.18 Å². The SMILES string of the molecule is CNCC[C@H](Sc1ccc(C(F)(F)F)cc1)c1ccccc1. The van der Waals surface area contributed by atoms with Crippen LogP contribution in [0.15, 0.2) is 59.5 Å². The molecule has 0 unspecified atom stereocenters. The molecule has 0 heterocycles. The van der Waals surface area contributed by atoms with Gasteiger partial charge in [-0.25, -0.2) is 0 Å². The summed E-state index contributed by atoms with van der Waals surface area (Å²) in [6.07, 6.45) is -3.37. The topological polar surface area (TPSA) is 12.0 Å². The normalized spacial score (nSPS) is 13.1. The maximum atomic E-state index is 12.6. The minimum Gasteiger partial charge on any atom is -0.320 e. The van der Waals surface area contributed by atoms with Gasteiger partial charge in [0, 0.05) is 10.1 Å². The molecule has 2 rings (SSSR count). The lowest BCUT2D eigenvalue weighted by Crippen LogP contribution is -2.10. The maximum Gasteiger partial charge on any atom is 0.416 e. The van der Waals surface area contributed by atoms with Gasteiger partial charge in [0.15, 0.2) is 0 Å². The van der Waals surface area contributed by atoms with Gasteiger partial charge in [0.2, 0.25) is 0 Å². The van der Waals surface area contributed by atoms with Gasteiger partial charge in [-0.1, -0.05) is 30.3 Å². The summed E-state index contributed by atoms with van der Waals surface area (Å²) in [6.45, 7) is 0.854. The van der Waals surface area contributed by atoms with Crippen LogP contribution in [0.3, 0.4) is 0 Å². The third kappa shape index (κ3) is 4.78. The van der Waals surface area contributed by atoms with Crippen molar-refractivity contribution in [3.05, 3.63) is 65.7 Å². The summed E-state index contributed by atoms with van der Waals surface area (Å²) in [5.74, 6) is 0. The number of benzene rings is 2. The molecule has 0 aliphatic heterocycles. The minimum absolute atomic E-state index is 0.213. The van der Waals surface area contributed by atoms with Crippen molar-refractivity contribution >= 4 is 11.8 Å². The van der Waals surface area contributed by atoms with Gasteiger partial charge in [-0.15, -0.1) is 11.8 Å². The molecule has 0 aliphatic rings. The molecule has 0 saturated heterocycles. The van der Waals surface area contributed by atoms with E-state index < -0.39 is 11.7 Å². The van der Waals surface area contributed by atoms with Crippen LogP contribution < -0.4 is 5.32 Å². The number of nitrogens with one attached hydrogen (secondary N) is 1. The first kappa shape index (κ1) is 16.9. The van der Waals surface area contributed by atoms with E-state index in [1.807, 2.05) is 25.2 Å². The Kier molecular flexibility index (Phi) is 5.91. The Hall–Kier alpha value is -1.46. The summed E-state index contributed by atoms with van der Waals surface area (Å²) in [6, 6.07) is 15.4. The van der Waals surface area contributed by atoms with Crippen LogP contribution in [0.25, 0.3) is 0 Å². The lowest BCUT2D eigenvalue weighted by Gasteiger charge is -2.17. The summed E-state index contributed by atoms with van der Waals surface area (Å²) < 4.78 is 37.8. The number of hydrogen-bond acceptors (Lipinski definition) is 2. The first-order valence-electron chi connectivity index (χ1n) is 7.04. The lowest BCUT2D eigenvalue weighted by molar-refractivity contribution is -0.137. The zero-order chi connectivity index (χ0) is 16.0. The Bertz CT molecular complexity index is 567. The molecule has 0 radical (unpaired) electrons. The van der Waals surface area contributed by atoms with Crippen molar-refractivity contribution < 1.29 is 13.2 Å². The standard InChI is InChI=1S/C17H18F3NS/c1-21-12-11-16(13-5-3-2-4-6-13)22-15-9-7-14(8-10-15)17(18,19)20/h2-10,16,21H,11-12H2,1H3/t16-/m0/s1. The molecule has 2 aromatic rings. The predicted molar refractivity (Wildman–Crippen MR) is 85.0 cm³/mol. The van der Waals surface area contributed by atoms with Crippen LogP contribution in [0.4, 0.5) is 13.2 Å². The molecule has 22 heavy (non-hydrogen) atoms. The van der Waals surface area contributed by atoms with Gasteiger partial charge in [0.05, 0.1) is 5.56 Å². The fraction of sp³-hybridized carbons (Fsp3) is 0.294. The molecule has 0 spiro atoms. The van der Waals surface area contributed by atoms with E-state index in [4.69, 9.17) is 0 Å². The summed E-state index contributed by atoms with van der Waals surface area (Å²) >= 11 is 1.59. The van der Waals surface area contributed by atoms with Crippen molar-refractivity contribution in [2.75, 3.05) is 13.6 Å². The Labute approximate surface area is 132 Å². The summed E-state index contributed by atoms with van der Waals surface area (Å²) in [7, 11) is 1.89. The molecule has 1 nitrogen and oxygen atoms in total. The molecular formula is C17H18F3NS. The molecule has 118 valence electrons. The highest BCUT2D eigenvalue weighted by molar-refractivity contribution is 7.99. The van der Waals surface area contributed by atoms with E-state index in [2.05, 4.69) is 17.4 Å². The van der Waals surface area contributed by atoms with Crippen LogP contribution >= 0.6 is 11.8 Å². The maximum absolute atomic E-state index is 12.6. The molecule has 0 bridgehead atoms. The summed E-state index contributed by atoms with van der Waals surface area (Å²) in [5, 5.41) is 3.33. The van der Waals surface area contributed by atoms with Crippen molar-refractivity contribution in [1.82, 2.24) is 5.32 Å². The van der Waals surface area contributed by atoms with Gasteiger partial charge in [-0.05, 0) is 49.8 Å². The average Bonchev–Trinajstić information content (AvgIpc) is 2.52. The van der Waals surface area contributed by atoms with E-state index in [1.54, 1.807) is 23.9 Å². The fourth-order valence-electron chi connectivity index (χ4n) is 2.12. The van der Waals surface area contributed by atoms with E-state index in [1.165, 1.54) is 5.56 Å². The number of hydrogen-bond donors (Lipinski definition) is 1. The lowest BCUT2D eigenvalue weighted by atomic mass is 10.1. The largest absolute Gasteiger partial charge is 0.416 e. The van der Waals surface area contributed by atoms with E-state index in [9.17, 15) is 13.2 Å². The highest BCUT2D eigenvalue weighted by atomic mass is 32.2. The van der Waals surface area contributed by atoms with Crippen molar-refractivity contribution in [3.8, 4) is 0 Å². The van der Waals surface area contributed by atoms with Crippen LogP contribution in [0.1, 0.15) is 22.8 Å². The predicted octanol–water partition coefficient (Wildman–Crippen LogP) is 5.15. The number of rotatable bonds is 6. The molecular weight excluding hydrogens is 307 g/mol. The van der Waals surface area contributed by atoms with E-state index >= 15 is 0 Å². The van der Waals surface area contributed by atoms with Gasteiger partial charge in [-0.2, -0.15) is 13.2 Å². The Morgan fingerprint density at radius 1 is 1.00 bits per heavy atom. The van der Waals surface area contributed by atoms with Gasteiger partial charge in [0.1, 0.15) is 0 Å². The van der Waals surface area contributed by atoms with Crippen LogP contribution in [0, 0.1) is 0 Å². The molecule has 1 N–H and O–H groups in total. The molecule has 0 saturated carbocycles. The van der Waals surface area contributed by atoms with E-state index in [0.717, 1.165) is 30.0 Å². The van der Waals surface area contributed by atoms with Crippen molar-refractivity contribution in [2.45, 2.75) is 22.7 Å². The Balaban J connectivity index is 2.13. The third-order valence-corrected chi connectivity index (χ3v) is 4.62. The Morgan fingerprint density at radius 3 is 2.18 bits per heavy atom. The second-order valence-corrected chi connectivity index (χ2v) is 6.21. The van der Waals surface area contributed by atoms with Crippen molar-refractivity contribution in [2.24, 2.45) is 0 Å². The number of alkyl halides is 3. The monoisotopic (exact) mass is 325 g/mol. The highest BCUT2D eigenvalue weighted by Gasteiger charge is 2.30. The average molecular weight is 325 g/mol. The van der Waals surface area contributed by atoms with Crippen LogP contribution in [0.2, 0.25) is 0 Å². The second-order valence-electron chi connectivity index (χ2n) is 4.93. The van der Waals surface area contributed by atoms with Gasteiger partial charge < -0.3 is 5.32 Å². The quantitative estimate of drug-likeness (QED) is 0.737. The molecule has 0 amide bonds. The van der Waals surface area contributed by atoms with Crippen LogP contribution in [0.5, 0.6) is 0 Å². The molecule has 0 aromatic heterocycles. The third-order valence-electron chi connectivity index (χ3n) is 3.29. The zero-order valence-electron chi connectivity index (χ0n) is 12.2. The van der Waals surface area contributed by atoms with Crippen LogP contribution in [-0.4, -0.2) is 13.6 Å². The molecule has 0 fully saturated rings. The highest BCUT2D eigenvalue weighted by Crippen LogP contribution is 2.38. The van der Waals surface area contributed by atoms with Gasteiger partial charge >= 0.3 is 6.18 Å². The first-order valence-corrected chi connectivity index (χ1v) is 7.92. The number of thioether (sulfide) groups is 1. The summed E-state index contributed by atoms with van der Waals surface area (Å²) in [5.41, 5.74) is 0.575. The second kappa shape index (κ2) is 7.70. The zero-order valence-corrected chi connectivity index (χ0v) is 13.0. The van der Waals surface area contributed by atoms with Crippen molar-refractivity contribution in [1.29, 1.82) is 0 Å². The molecule has 0 aliphatic carbocycles. The smallest absolute Gasteiger partial charge is 0.320 e. The Morgan fingerprint density at radius 2 is 1.64 bits per heavy atom. The van der Waals surface area contributed by atoms with Crippen molar-refractivity contribution in [3.63, 3.8) is 0 Å². The molecule has 5 heteroatoms. The first-order chi connectivity index (χ1) is 10.5. The summed E-state index contributed by atoms with van der Waals surface area (Å²) in [4.78, 5) is 0.845. The van der Waals surface area contributed by atoms with Gasteiger partial charge in [-0.3, -0.25) is 0 Å². The number of halogens is 3. The fourth-order valence-corrected chi connectivity index (χ4v) is 3.27. The van der Waals surface area contributed by atoms with E-state index in [-0.39, 0.29) is 5.25 Å². The van der Waals surface area contributed by atoms with Gasteiger partial charge in [0.25, 0.3) is 0 Å². The molecule has 2 aromatic carbocycles. The minimum atomic E-state index is -4.28. The van der Waals surface area contributed by atoms with E-state index in [0.29, 0.717) is 0 Å². The molecule has 1 atom stereocenters.